The number of amides is 1. The molecule has 126 valence electrons. The molecule has 2 aromatic carbocycles. The second-order valence-corrected chi connectivity index (χ2v) is 5.56. The Morgan fingerprint density at radius 2 is 2.04 bits per heavy atom. The van der Waals surface area contributed by atoms with Gasteiger partial charge in [0, 0.05) is 12.1 Å². The van der Waals surface area contributed by atoms with Gasteiger partial charge in [0.1, 0.15) is 11.6 Å². The van der Waals surface area contributed by atoms with Crippen LogP contribution >= 0.6 is 11.6 Å². The summed E-state index contributed by atoms with van der Waals surface area (Å²) in [7, 11) is 0. The van der Waals surface area contributed by atoms with Gasteiger partial charge in [-0.1, -0.05) is 17.7 Å². The largest absolute Gasteiger partial charge is 0.482 e. The number of hydrogen-bond acceptors (Lipinski definition) is 4. The van der Waals surface area contributed by atoms with Gasteiger partial charge in [-0.3, -0.25) is 14.9 Å². The third-order valence-electron chi connectivity index (χ3n) is 3.16. The van der Waals surface area contributed by atoms with Crippen molar-refractivity contribution in [2.45, 2.75) is 13.8 Å². The number of nitro groups is 1. The smallest absolute Gasteiger partial charge is 0.271 e. The van der Waals surface area contributed by atoms with Gasteiger partial charge < -0.3 is 10.1 Å². The predicted octanol–water partition coefficient (Wildman–Crippen LogP) is 4.02. The molecule has 0 fully saturated rings. The van der Waals surface area contributed by atoms with E-state index in [2.05, 4.69) is 5.32 Å². The molecule has 0 saturated heterocycles. The SMILES string of the molecule is Cc1cc(C)c(OCC(=O)Nc2cc([N+](=O)[O-])ccc2F)c(Cl)c1. The summed E-state index contributed by atoms with van der Waals surface area (Å²) >= 11 is 6.07. The van der Waals surface area contributed by atoms with E-state index >= 15 is 0 Å². The number of ether oxygens (including phenoxy) is 1. The molecule has 0 aliphatic rings. The zero-order chi connectivity index (χ0) is 17.9. The number of nitro benzene ring substituents is 1. The first-order valence-electron chi connectivity index (χ1n) is 6.91. The molecule has 0 heterocycles. The molecule has 1 amide bonds. The van der Waals surface area contributed by atoms with Gasteiger partial charge in [-0.15, -0.1) is 0 Å². The molecule has 0 unspecified atom stereocenters. The minimum absolute atomic E-state index is 0.287. The summed E-state index contributed by atoms with van der Waals surface area (Å²) in [5, 5.41) is 13.3. The van der Waals surface area contributed by atoms with E-state index in [0.717, 1.165) is 29.3 Å². The summed E-state index contributed by atoms with van der Waals surface area (Å²) in [5.41, 5.74) is 1.09. The molecular weight excluding hydrogens is 339 g/mol. The van der Waals surface area contributed by atoms with Gasteiger partial charge in [-0.05, 0) is 37.1 Å². The molecule has 0 aliphatic carbocycles. The summed E-state index contributed by atoms with van der Waals surface area (Å²) in [4.78, 5) is 21.9. The van der Waals surface area contributed by atoms with E-state index in [1.165, 1.54) is 0 Å². The van der Waals surface area contributed by atoms with E-state index in [1.54, 1.807) is 13.0 Å². The van der Waals surface area contributed by atoms with Crippen molar-refractivity contribution in [3.63, 3.8) is 0 Å². The quantitative estimate of drug-likeness (QED) is 0.650. The van der Waals surface area contributed by atoms with E-state index in [1.807, 2.05) is 13.0 Å². The molecule has 0 atom stereocenters. The third-order valence-corrected chi connectivity index (χ3v) is 3.44. The lowest BCUT2D eigenvalue weighted by Crippen LogP contribution is -2.21. The summed E-state index contributed by atoms with van der Waals surface area (Å²) in [6.45, 7) is 3.25. The highest BCUT2D eigenvalue weighted by Gasteiger charge is 2.14. The van der Waals surface area contributed by atoms with Crippen molar-refractivity contribution in [2.24, 2.45) is 0 Å². The Morgan fingerprint density at radius 3 is 2.67 bits per heavy atom. The molecule has 8 heteroatoms. The number of rotatable bonds is 5. The van der Waals surface area contributed by atoms with Crippen LogP contribution in [0, 0.1) is 29.8 Å². The Balaban J connectivity index is 2.07. The summed E-state index contributed by atoms with van der Waals surface area (Å²) in [6, 6.07) is 6.41. The average Bonchev–Trinajstić information content (AvgIpc) is 2.48. The Labute approximate surface area is 142 Å². The lowest BCUT2D eigenvalue weighted by Gasteiger charge is -2.12. The third kappa shape index (κ3) is 4.20. The highest BCUT2D eigenvalue weighted by Crippen LogP contribution is 2.29. The van der Waals surface area contributed by atoms with Crippen LogP contribution in [0.2, 0.25) is 5.02 Å². The Morgan fingerprint density at radius 1 is 1.33 bits per heavy atom. The molecule has 1 N–H and O–H groups in total. The first-order valence-corrected chi connectivity index (χ1v) is 7.29. The van der Waals surface area contributed by atoms with Crippen molar-refractivity contribution in [3.05, 3.63) is 62.4 Å². The second kappa shape index (κ2) is 7.27. The Bertz CT molecular complexity index is 788. The number of carbonyl (C=O) groups excluding carboxylic acids is 1. The van der Waals surface area contributed by atoms with Crippen LogP contribution in [-0.4, -0.2) is 17.4 Å². The fourth-order valence-electron chi connectivity index (χ4n) is 2.13. The van der Waals surface area contributed by atoms with Crippen molar-refractivity contribution in [1.82, 2.24) is 0 Å². The highest BCUT2D eigenvalue weighted by atomic mass is 35.5. The number of aryl methyl sites for hydroxylation is 2. The van der Waals surface area contributed by atoms with Crippen LogP contribution in [-0.2, 0) is 4.79 Å². The van der Waals surface area contributed by atoms with E-state index in [0.29, 0.717) is 10.8 Å². The van der Waals surface area contributed by atoms with Crippen LogP contribution in [0.25, 0.3) is 0 Å². The minimum Gasteiger partial charge on any atom is -0.482 e. The molecule has 2 aromatic rings. The molecular formula is C16H14ClFN2O4. The van der Waals surface area contributed by atoms with Gasteiger partial charge in [0.05, 0.1) is 15.6 Å². The van der Waals surface area contributed by atoms with Crippen LogP contribution in [0.15, 0.2) is 30.3 Å². The normalized spacial score (nSPS) is 10.3. The van der Waals surface area contributed by atoms with Gasteiger partial charge >= 0.3 is 0 Å². The molecule has 0 aromatic heterocycles. The van der Waals surface area contributed by atoms with E-state index < -0.39 is 23.3 Å². The zero-order valence-corrected chi connectivity index (χ0v) is 13.7. The molecule has 0 saturated carbocycles. The number of nitrogens with one attached hydrogen (secondary N) is 1. The van der Waals surface area contributed by atoms with Gasteiger partial charge in [-0.2, -0.15) is 0 Å². The molecule has 0 radical (unpaired) electrons. The molecule has 0 spiro atoms. The monoisotopic (exact) mass is 352 g/mol. The number of carbonyl (C=O) groups is 1. The first-order chi connectivity index (χ1) is 11.3. The first kappa shape index (κ1) is 17.7. The molecule has 0 bridgehead atoms. The lowest BCUT2D eigenvalue weighted by molar-refractivity contribution is -0.384. The fraction of sp³-hybridized carbons (Fsp3) is 0.188. The summed E-state index contributed by atoms with van der Waals surface area (Å²) in [5.74, 6) is -1.08. The van der Waals surface area contributed by atoms with Crippen molar-refractivity contribution >= 4 is 28.9 Å². The van der Waals surface area contributed by atoms with Crippen molar-refractivity contribution in [3.8, 4) is 5.75 Å². The molecule has 24 heavy (non-hydrogen) atoms. The van der Waals surface area contributed by atoms with Crippen molar-refractivity contribution in [2.75, 3.05) is 11.9 Å². The maximum absolute atomic E-state index is 13.6. The summed E-state index contributed by atoms with van der Waals surface area (Å²) in [6.07, 6.45) is 0. The second-order valence-electron chi connectivity index (χ2n) is 5.15. The van der Waals surface area contributed by atoms with E-state index in [9.17, 15) is 19.3 Å². The standard InChI is InChI=1S/C16H14ClFN2O4/c1-9-5-10(2)16(12(17)6-9)24-8-15(21)19-14-7-11(20(22)23)3-4-13(14)18/h3-7H,8H2,1-2H3,(H,19,21). The van der Waals surface area contributed by atoms with Crippen LogP contribution in [0.5, 0.6) is 5.75 Å². The number of anilines is 1. The maximum Gasteiger partial charge on any atom is 0.271 e. The van der Waals surface area contributed by atoms with Crippen molar-refractivity contribution < 1.29 is 18.8 Å². The van der Waals surface area contributed by atoms with Crippen molar-refractivity contribution in [1.29, 1.82) is 0 Å². The Hall–Kier alpha value is -2.67. The average molecular weight is 353 g/mol. The number of halogens is 2. The van der Waals surface area contributed by atoms with Gasteiger partial charge in [0.2, 0.25) is 0 Å². The zero-order valence-electron chi connectivity index (χ0n) is 12.9. The lowest BCUT2D eigenvalue weighted by atomic mass is 10.1. The van der Waals surface area contributed by atoms with Crippen LogP contribution < -0.4 is 10.1 Å². The van der Waals surface area contributed by atoms with Crippen LogP contribution in [0.1, 0.15) is 11.1 Å². The molecule has 0 aliphatic heterocycles. The van der Waals surface area contributed by atoms with Crippen LogP contribution in [0.4, 0.5) is 15.8 Å². The topological polar surface area (TPSA) is 81.5 Å². The maximum atomic E-state index is 13.6. The number of nitrogens with zero attached hydrogens (tertiary/aromatic N) is 1. The van der Waals surface area contributed by atoms with E-state index in [-0.39, 0.29) is 11.4 Å². The molecule has 2 rings (SSSR count). The Kier molecular flexibility index (Phi) is 5.35. The highest BCUT2D eigenvalue weighted by molar-refractivity contribution is 6.32. The number of non-ortho nitro benzene ring substituents is 1. The van der Waals surface area contributed by atoms with Gasteiger partial charge in [-0.25, -0.2) is 4.39 Å². The van der Waals surface area contributed by atoms with Crippen LogP contribution in [0.3, 0.4) is 0 Å². The predicted molar refractivity (Wildman–Crippen MR) is 88.1 cm³/mol. The fourth-order valence-corrected chi connectivity index (χ4v) is 2.51. The number of benzene rings is 2. The van der Waals surface area contributed by atoms with Gasteiger partial charge in [0.25, 0.3) is 11.6 Å². The minimum atomic E-state index is -0.779. The van der Waals surface area contributed by atoms with Gasteiger partial charge in [0.15, 0.2) is 6.61 Å². The number of hydrogen-bond donors (Lipinski definition) is 1. The summed E-state index contributed by atoms with van der Waals surface area (Å²) < 4.78 is 19.0. The van der Waals surface area contributed by atoms with E-state index in [4.69, 9.17) is 16.3 Å². The molecule has 6 nitrogen and oxygen atoms in total.